The number of carbonyl (C=O) groups is 1. The van der Waals surface area contributed by atoms with Gasteiger partial charge in [0.2, 0.25) is 5.95 Å². The first-order valence-electron chi connectivity index (χ1n) is 13.3. The van der Waals surface area contributed by atoms with E-state index in [9.17, 15) is 20.4 Å². The topological polar surface area (TPSA) is 162 Å². The molecule has 2 aliphatic heterocycles. The molecule has 2 atom stereocenters. The maximum absolute atomic E-state index is 11.5. The number of benzene rings is 1. The molecule has 1 aliphatic carbocycles. The normalized spacial score (nSPS) is 21.3. The molecule has 13 nitrogen and oxygen atoms in total. The Morgan fingerprint density at radius 2 is 1.90 bits per heavy atom. The number of halogens is 1. The number of hydrogen-bond donors (Lipinski definition) is 3. The van der Waals surface area contributed by atoms with Gasteiger partial charge in [0.15, 0.2) is 17.2 Å². The van der Waals surface area contributed by atoms with E-state index in [0.717, 1.165) is 38.0 Å². The average molecular weight is 562 g/mol. The van der Waals surface area contributed by atoms with E-state index in [4.69, 9.17) is 11.6 Å². The second-order valence-corrected chi connectivity index (χ2v) is 10.8. The Bertz CT molecular complexity index is 1550. The number of piperazine rings is 1. The lowest BCUT2D eigenvalue weighted by molar-refractivity contribution is 0.118. The van der Waals surface area contributed by atoms with E-state index in [1.54, 1.807) is 12.1 Å². The van der Waals surface area contributed by atoms with Crippen LogP contribution in [0.5, 0.6) is 0 Å². The van der Waals surface area contributed by atoms with Gasteiger partial charge in [-0.2, -0.15) is 20.0 Å². The van der Waals surface area contributed by atoms with Gasteiger partial charge in [0.05, 0.1) is 34.2 Å². The van der Waals surface area contributed by atoms with Gasteiger partial charge in [-0.1, -0.05) is 11.6 Å². The molecule has 1 amide bonds. The van der Waals surface area contributed by atoms with Crippen molar-refractivity contribution in [2.45, 2.75) is 44.3 Å². The third-order valence-electron chi connectivity index (χ3n) is 7.91. The van der Waals surface area contributed by atoms with E-state index in [1.165, 1.54) is 15.6 Å². The van der Waals surface area contributed by atoms with Gasteiger partial charge in [0.25, 0.3) is 0 Å². The monoisotopic (exact) mass is 561 g/mol. The number of rotatable bonds is 6. The van der Waals surface area contributed by atoms with Gasteiger partial charge in [-0.15, -0.1) is 5.10 Å². The van der Waals surface area contributed by atoms with Crippen molar-refractivity contribution in [3.63, 3.8) is 0 Å². The number of aromatic nitrogens is 4. The molecule has 1 saturated carbocycles. The number of carboxylic acid groups (broad SMARTS) is 1. The zero-order valence-electron chi connectivity index (χ0n) is 21.9. The highest BCUT2D eigenvalue weighted by Gasteiger charge is 2.38. The molecule has 206 valence electrons. The number of imidazole rings is 1. The minimum Gasteiger partial charge on any atom is -0.465 e. The molecule has 3 aliphatic rings. The number of likely N-dealkylation sites (tertiary alicyclic amines) is 1. The molecule has 3 N–H and O–H groups in total. The minimum atomic E-state index is -0.871. The van der Waals surface area contributed by atoms with Crippen LogP contribution in [0.4, 0.5) is 27.9 Å². The molecule has 1 aromatic carbocycles. The van der Waals surface area contributed by atoms with E-state index >= 15 is 0 Å². The van der Waals surface area contributed by atoms with E-state index in [-0.39, 0.29) is 23.7 Å². The number of hydrogen-bond acceptors (Lipinski definition) is 10. The number of fused-ring (bicyclic) bond motifs is 1. The number of nitrogens with one attached hydrogen (secondary N) is 2. The summed E-state index contributed by atoms with van der Waals surface area (Å²) in [5, 5.41) is 40.1. The standard InChI is InChI=1S/C26H28ClN11O2/c1-15-20(4-5-37(15)26(39)40)35-6-8-36(9-7-35)21-11-16(12-28)10-19(22(21)27)32-25-33-23(31-17-2-3-17)24-30-14-18(13-29)38(24)34-25/h10-11,14-15,17,20H,2-9H2,1H3,(H,39,40)(H2,31,32,33,34). The Labute approximate surface area is 235 Å². The second kappa shape index (κ2) is 10.3. The predicted octanol–water partition coefficient (Wildman–Crippen LogP) is 3.10. The van der Waals surface area contributed by atoms with E-state index in [0.29, 0.717) is 53.4 Å². The molecule has 40 heavy (non-hydrogen) atoms. The Morgan fingerprint density at radius 3 is 2.55 bits per heavy atom. The smallest absolute Gasteiger partial charge is 0.407 e. The highest BCUT2D eigenvalue weighted by Crippen LogP contribution is 2.37. The highest BCUT2D eigenvalue weighted by molar-refractivity contribution is 6.36. The van der Waals surface area contributed by atoms with Crippen LogP contribution in [0.3, 0.4) is 0 Å². The van der Waals surface area contributed by atoms with E-state index in [1.807, 2.05) is 6.92 Å². The first-order valence-corrected chi connectivity index (χ1v) is 13.7. The second-order valence-electron chi connectivity index (χ2n) is 10.4. The van der Waals surface area contributed by atoms with Crippen molar-refractivity contribution in [1.82, 2.24) is 29.4 Å². The van der Waals surface area contributed by atoms with Crippen molar-refractivity contribution in [2.24, 2.45) is 0 Å². The van der Waals surface area contributed by atoms with Crippen LogP contribution in [-0.4, -0.2) is 91.4 Å². The lowest BCUT2D eigenvalue weighted by Crippen LogP contribution is -2.53. The summed E-state index contributed by atoms with van der Waals surface area (Å²) in [6.45, 7) is 5.40. The number of nitrogens with zero attached hydrogens (tertiary/aromatic N) is 9. The molecule has 0 radical (unpaired) electrons. The first-order chi connectivity index (χ1) is 19.4. The fourth-order valence-electron chi connectivity index (χ4n) is 5.62. The highest BCUT2D eigenvalue weighted by atomic mass is 35.5. The lowest BCUT2D eigenvalue weighted by atomic mass is 10.1. The maximum Gasteiger partial charge on any atom is 0.407 e. The third kappa shape index (κ3) is 4.78. The summed E-state index contributed by atoms with van der Waals surface area (Å²) in [5.41, 5.74) is 2.39. The van der Waals surface area contributed by atoms with Crippen LogP contribution >= 0.6 is 11.6 Å². The quantitative estimate of drug-likeness (QED) is 0.405. The van der Waals surface area contributed by atoms with Gasteiger partial charge < -0.3 is 25.5 Å². The predicted molar refractivity (Wildman–Crippen MR) is 148 cm³/mol. The molecular formula is C26H28ClN11O2. The van der Waals surface area contributed by atoms with Crippen LogP contribution in [-0.2, 0) is 0 Å². The van der Waals surface area contributed by atoms with Gasteiger partial charge in [0, 0.05) is 50.8 Å². The minimum absolute atomic E-state index is 0.0564. The summed E-state index contributed by atoms with van der Waals surface area (Å²) < 4.78 is 1.44. The SMILES string of the molecule is CC1C(N2CCN(c3cc(C#N)cc(Nc4nc(NC5CC5)c5ncc(C#N)n5n4)c3Cl)CC2)CCN1C(=O)O. The van der Waals surface area contributed by atoms with Crippen molar-refractivity contribution >= 4 is 46.5 Å². The fourth-order valence-corrected chi connectivity index (χ4v) is 5.90. The van der Waals surface area contributed by atoms with Crippen molar-refractivity contribution in [1.29, 1.82) is 10.5 Å². The Morgan fingerprint density at radius 1 is 1.12 bits per heavy atom. The van der Waals surface area contributed by atoms with Crippen LogP contribution < -0.4 is 15.5 Å². The van der Waals surface area contributed by atoms with Crippen LogP contribution in [0, 0.1) is 22.7 Å². The molecule has 0 bridgehead atoms. The van der Waals surface area contributed by atoms with Crippen LogP contribution in [0.15, 0.2) is 18.3 Å². The zero-order chi connectivity index (χ0) is 28.0. The summed E-state index contributed by atoms with van der Waals surface area (Å²) >= 11 is 6.91. The molecule has 3 fully saturated rings. The van der Waals surface area contributed by atoms with Crippen molar-refractivity contribution in [3.8, 4) is 12.1 Å². The van der Waals surface area contributed by atoms with Crippen LogP contribution in [0.1, 0.15) is 37.4 Å². The van der Waals surface area contributed by atoms with Crippen LogP contribution in [0.25, 0.3) is 5.65 Å². The fraction of sp³-hybridized carbons (Fsp3) is 0.462. The largest absolute Gasteiger partial charge is 0.465 e. The molecule has 14 heteroatoms. The van der Waals surface area contributed by atoms with Crippen molar-refractivity contribution < 1.29 is 9.90 Å². The molecule has 2 saturated heterocycles. The summed E-state index contributed by atoms with van der Waals surface area (Å²) in [6, 6.07) is 8.18. The lowest BCUT2D eigenvalue weighted by Gasteiger charge is -2.41. The van der Waals surface area contributed by atoms with Gasteiger partial charge in [-0.05, 0) is 38.3 Å². The number of anilines is 4. The van der Waals surface area contributed by atoms with Crippen molar-refractivity contribution in [2.75, 3.05) is 48.3 Å². The summed E-state index contributed by atoms with van der Waals surface area (Å²) in [7, 11) is 0. The Balaban J connectivity index is 1.24. The summed E-state index contributed by atoms with van der Waals surface area (Å²) in [5.74, 6) is 0.740. The van der Waals surface area contributed by atoms with Gasteiger partial charge in [0.1, 0.15) is 6.07 Å². The molecule has 2 unspecified atom stereocenters. The Kier molecular flexibility index (Phi) is 6.70. The molecule has 2 aromatic heterocycles. The number of nitriles is 2. The molecule has 6 rings (SSSR count). The number of amides is 1. The van der Waals surface area contributed by atoms with Crippen LogP contribution in [0.2, 0.25) is 5.02 Å². The Hall–Kier alpha value is -4.33. The maximum atomic E-state index is 11.5. The molecular weight excluding hydrogens is 534 g/mol. The summed E-state index contributed by atoms with van der Waals surface area (Å²) in [6.07, 6.45) is 3.48. The van der Waals surface area contributed by atoms with Crippen molar-refractivity contribution in [3.05, 3.63) is 34.6 Å². The zero-order valence-corrected chi connectivity index (χ0v) is 22.6. The summed E-state index contributed by atoms with van der Waals surface area (Å²) in [4.78, 5) is 26.4. The molecule has 4 heterocycles. The molecule has 3 aromatic rings. The average Bonchev–Trinajstić information content (AvgIpc) is 3.53. The first kappa shape index (κ1) is 25.9. The van der Waals surface area contributed by atoms with Gasteiger partial charge >= 0.3 is 6.09 Å². The van der Waals surface area contributed by atoms with E-state index < -0.39 is 6.09 Å². The van der Waals surface area contributed by atoms with E-state index in [2.05, 4.69) is 47.6 Å². The van der Waals surface area contributed by atoms with Gasteiger partial charge in [-0.3, -0.25) is 4.90 Å². The third-order valence-corrected chi connectivity index (χ3v) is 8.31. The van der Waals surface area contributed by atoms with Gasteiger partial charge in [-0.25, -0.2) is 9.78 Å². The molecule has 0 spiro atoms.